The van der Waals surface area contributed by atoms with Gasteiger partial charge in [-0.15, -0.1) is 0 Å². The van der Waals surface area contributed by atoms with Crippen molar-refractivity contribution in [2.45, 2.75) is 19.3 Å². The molecule has 0 radical (unpaired) electrons. The molecule has 1 saturated heterocycles. The molecular weight excluding hydrogens is 176 g/mol. The Bertz CT molecular complexity index is 294. The van der Waals surface area contributed by atoms with Crippen molar-refractivity contribution in [3.8, 4) is 0 Å². The van der Waals surface area contributed by atoms with Gasteiger partial charge in [-0.05, 0) is 44.3 Å². The van der Waals surface area contributed by atoms with Gasteiger partial charge in [0, 0.05) is 11.9 Å². The van der Waals surface area contributed by atoms with Crippen LogP contribution < -0.4 is 11.1 Å². The SMILES string of the molecule is Nc1nccc(CC2CCCNC2)n1. The maximum atomic E-state index is 5.53. The molecule has 1 aliphatic heterocycles. The second-order valence-electron chi connectivity index (χ2n) is 3.82. The molecule has 0 amide bonds. The highest BCUT2D eigenvalue weighted by atomic mass is 15.0. The fraction of sp³-hybridized carbons (Fsp3) is 0.600. The van der Waals surface area contributed by atoms with Gasteiger partial charge < -0.3 is 11.1 Å². The Kier molecular flexibility index (Phi) is 2.93. The van der Waals surface area contributed by atoms with Gasteiger partial charge in [0.15, 0.2) is 0 Å². The van der Waals surface area contributed by atoms with Crippen LogP contribution in [0.25, 0.3) is 0 Å². The Morgan fingerprint density at radius 1 is 1.57 bits per heavy atom. The molecule has 0 bridgehead atoms. The summed E-state index contributed by atoms with van der Waals surface area (Å²) in [6.07, 6.45) is 5.30. The normalized spacial score (nSPS) is 22.1. The highest BCUT2D eigenvalue weighted by Crippen LogP contribution is 2.14. The fourth-order valence-corrected chi connectivity index (χ4v) is 1.92. The molecule has 1 aromatic rings. The van der Waals surface area contributed by atoms with Gasteiger partial charge in [0.1, 0.15) is 0 Å². The van der Waals surface area contributed by atoms with Crippen molar-refractivity contribution in [1.82, 2.24) is 15.3 Å². The van der Waals surface area contributed by atoms with E-state index < -0.39 is 0 Å². The summed E-state index contributed by atoms with van der Waals surface area (Å²) in [6.45, 7) is 2.26. The summed E-state index contributed by atoms with van der Waals surface area (Å²) in [5.74, 6) is 1.09. The zero-order valence-corrected chi connectivity index (χ0v) is 8.24. The molecule has 0 aromatic carbocycles. The average Bonchev–Trinajstić information content (AvgIpc) is 2.19. The van der Waals surface area contributed by atoms with E-state index in [0.717, 1.165) is 25.2 Å². The van der Waals surface area contributed by atoms with Crippen LogP contribution in [0.5, 0.6) is 0 Å². The van der Waals surface area contributed by atoms with Crippen LogP contribution in [0.4, 0.5) is 5.95 Å². The van der Waals surface area contributed by atoms with Crippen molar-refractivity contribution in [2.24, 2.45) is 5.92 Å². The largest absolute Gasteiger partial charge is 0.368 e. The molecule has 14 heavy (non-hydrogen) atoms. The number of nitrogen functional groups attached to an aromatic ring is 1. The summed E-state index contributed by atoms with van der Waals surface area (Å²) >= 11 is 0. The Morgan fingerprint density at radius 3 is 3.21 bits per heavy atom. The summed E-state index contributed by atoms with van der Waals surface area (Å²) in [5, 5.41) is 3.40. The van der Waals surface area contributed by atoms with Crippen molar-refractivity contribution in [3.05, 3.63) is 18.0 Å². The lowest BCUT2D eigenvalue weighted by Crippen LogP contribution is -2.31. The van der Waals surface area contributed by atoms with Gasteiger partial charge in [-0.25, -0.2) is 9.97 Å². The fourth-order valence-electron chi connectivity index (χ4n) is 1.92. The van der Waals surface area contributed by atoms with Gasteiger partial charge in [0.25, 0.3) is 0 Å². The van der Waals surface area contributed by atoms with E-state index in [1.807, 2.05) is 6.07 Å². The summed E-state index contributed by atoms with van der Waals surface area (Å²) in [4.78, 5) is 8.09. The number of piperidine rings is 1. The molecule has 1 aromatic heterocycles. The van der Waals surface area contributed by atoms with Gasteiger partial charge in [-0.3, -0.25) is 0 Å². The van der Waals surface area contributed by atoms with Crippen LogP contribution in [0.3, 0.4) is 0 Å². The van der Waals surface area contributed by atoms with E-state index in [9.17, 15) is 0 Å². The maximum Gasteiger partial charge on any atom is 0.220 e. The van der Waals surface area contributed by atoms with Crippen LogP contribution in [0.1, 0.15) is 18.5 Å². The number of nitrogens with zero attached hydrogens (tertiary/aromatic N) is 2. The van der Waals surface area contributed by atoms with E-state index >= 15 is 0 Å². The Balaban J connectivity index is 1.95. The predicted octanol–water partition coefficient (Wildman–Crippen LogP) is 0.601. The molecule has 1 atom stereocenters. The van der Waals surface area contributed by atoms with Crippen molar-refractivity contribution in [3.63, 3.8) is 0 Å². The summed E-state index contributed by atoms with van der Waals surface area (Å²) in [7, 11) is 0. The smallest absolute Gasteiger partial charge is 0.220 e. The van der Waals surface area contributed by atoms with E-state index in [0.29, 0.717) is 11.9 Å². The third-order valence-electron chi connectivity index (χ3n) is 2.63. The first-order valence-corrected chi connectivity index (χ1v) is 5.13. The standard InChI is InChI=1S/C10H16N4/c11-10-13-5-3-9(14-10)6-8-2-1-4-12-7-8/h3,5,8,12H,1-2,4,6-7H2,(H2,11,13,14). The van der Waals surface area contributed by atoms with Crippen molar-refractivity contribution in [2.75, 3.05) is 18.8 Å². The first-order chi connectivity index (χ1) is 6.84. The molecule has 0 aliphatic carbocycles. The lowest BCUT2D eigenvalue weighted by molar-refractivity contribution is 0.373. The van der Waals surface area contributed by atoms with Crippen molar-refractivity contribution < 1.29 is 0 Å². The summed E-state index contributed by atoms with van der Waals surface area (Å²) in [5.41, 5.74) is 6.59. The Morgan fingerprint density at radius 2 is 2.50 bits per heavy atom. The minimum Gasteiger partial charge on any atom is -0.368 e. The minimum absolute atomic E-state index is 0.381. The molecule has 76 valence electrons. The number of hydrogen-bond donors (Lipinski definition) is 2. The number of hydrogen-bond acceptors (Lipinski definition) is 4. The Hall–Kier alpha value is -1.16. The van der Waals surface area contributed by atoms with Crippen LogP contribution in [0, 0.1) is 5.92 Å². The zero-order valence-electron chi connectivity index (χ0n) is 8.24. The monoisotopic (exact) mass is 192 g/mol. The van der Waals surface area contributed by atoms with Gasteiger partial charge in [0.05, 0.1) is 0 Å². The lowest BCUT2D eigenvalue weighted by Gasteiger charge is -2.22. The van der Waals surface area contributed by atoms with Crippen LogP contribution in [0.15, 0.2) is 12.3 Å². The zero-order chi connectivity index (χ0) is 9.80. The third kappa shape index (κ3) is 2.42. The van der Waals surface area contributed by atoms with Crippen molar-refractivity contribution in [1.29, 1.82) is 0 Å². The van der Waals surface area contributed by atoms with Crippen LogP contribution in [-0.4, -0.2) is 23.1 Å². The molecule has 2 rings (SSSR count). The van der Waals surface area contributed by atoms with E-state index in [-0.39, 0.29) is 0 Å². The summed E-state index contributed by atoms with van der Waals surface area (Å²) < 4.78 is 0. The topological polar surface area (TPSA) is 63.8 Å². The van der Waals surface area contributed by atoms with E-state index in [2.05, 4.69) is 15.3 Å². The third-order valence-corrected chi connectivity index (χ3v) is 2.63. The number of aromatic nitrogens is 2. The molecule has 0 spiro atoms. The van der Waals surface area contributed by atoms with E-state index in [4.69, 9.17) is 5.73 Å². The first kappa shape index (κ1) is 9.40. The molecule has 3 N–H and O–H groups in total. The number of anilines is 1. The molecular formula is C10H16N4. The molecule has 0 saturated carbocycles. The molecule has 4 nitrogen and oxygen atoms in total. The van der Waals surface area contributed by atoms with Crippen LogP contribution >= 0.6 is 0 Å². The van der Waals surface area contributed by atoms with Gasteiger partial charge in [-0.2, -0.15) is 0 Å². The highest BCUT2D eigenvalue weighted by Gasteiger charge is 2.13. The predicted molar refractivity (Wildman–Crippen MR) is 55.7 cm³/mol. The lowest BCUT2D eigenvalue weighted by atomic mass is 9.95. The summed E-state index contributed by atoms with van der Waals surface area (Å²) in [6, 6.07) is 1.95. The molecule has 2 heterocycles. The molecule has 1 fully saturated rings. The molecule has 4 heteroatoms. The quantitative estimate of drug-likeness (QED) is 0.720. The molecule has 1 unspecified atom stereocenters. The van der Waals surface area contributed by atoms with Gasteiger partial charge in [0.2, 0.25) is 5.95 Å². The minimum atomic E-state index is 0.381. The first-order valence-electron chi connectivity index (χ1n) is 5.13. The van der Waals surface area contributed by atoms with Crippen LogP contribution in [-0.2, 0) is 6.42 Å². The number of nitrogens with two attached hydrogens (primary N) is 1. The Labute approximate surface area is 83.9 Å². The van der Waals surface area contributed by atoms with Gasteiger partial charge >= 0.3 is 0 Å². The average molecular weight is 192 g/mol. The van der Waals surface area contributed by atoms with Gasteiger partial charge in [-0.1, -0.05) is 0 Å². The molecule has 1 aliphatic rings. The number of rotatable bonds is 2. The van der Waals surface area contributed by atoms with E-state index in [1.165, 1.54) is 12.8 Å². The van der Waals surface area contributed by atoms with E-state index in [1.54, 1.807) is 6.20 Å². The van der Waals surface area contributed by atoms with Crippen molar-refractivity contribution >= 4 is 5.95 Å². The van der Waals surface area contributed by atoms with Crippen LogP contribution in [0.2, 0.25) is 0 Å². The second-order valence-corrected chi connectivity index (χ2v) is 3.82. The second kappa shape index (κ2) is 4.37. The highest BCUT2D eigenvalue weighted by molar-refractivity contribution is 5.17. The number of nitrogens with one attached hydrogen (secondary N) is 1. The maximum absolute atomic E-state index is 5.53.